The van der Waals surface area contributed by atoms with Gasteiger partial charge in [-0.25, -0.2) is 0 Å². The topological polar surface area (TPSA) is 72.1 Å². The zero-order valence-corrected chi connectivity index (χ0v) is 15.1. The Morgan fingerprint density at radius 2 is 2.04 bits per heavy atom. The van der Waals surface area contributed by atoms with Gasteiger partial charge in [0.2, 0.25) is 0 Å². The number of nitrogens with zero attached hydrogens (tertiary/aromatic N) is 2. The first-order valence-corrected chi connectivity index (χ1v) is 7.58. The molecule has 2 rings (SSSR count). The monoisotopic (exact) mass is 340 g/mol. The molecule has 2 N–H and O–H groups in total. The van der Waals surface area contributed by atoms with E-state index in [1.54, 1.807) is 0 Å². The van der Waals surface area contributed by atoms with E-state index in [-0.39, 0.29) is 24.4 Å². The summed E-state index contributed by atoms with van der Waals surface area (Å²) in [7, 11) is 0. The predicted molar refractivity (Wildman–Crippen MR) is 92.8 cm³/mol. The molecular formula is C16H25ClN4O2. The van der Waals surface area contributed by atoms with E-state index in [2.05, 4.69) is 15.8 Å². The van der Waals surface area contributed by atoms with Crippen molar-refractivity contribution < 1.29 is 9.32 Å². The molecule has 2 heterocycles. The predicted octanol–water partition coefficient (Wildman–Crippen LogP) is 2.54. The summed E-state index contributed by atoms with van der Waals surface area (Å²) >= 11 is 0. The van der Waals surface area contributed by atoms with Crippen molar-refractivity contribution in [2.24, 2.45) is 0 Å². The van der Waals surface area contributed by atoms with Crippen molar-refractivity contribution in [3.05, 3.63) is 34.8 Å². The largest absolute Gasteiger partial charge is 0.360 e. The maximum Gasteiger partial charge on any atom is 0.253 e. The smallest absolute Gasteiger partial charge is 0.253 e. The van der Waals surface area contributed by atoms with Gasteiger partial charge in [0.15, 0.2) is 5.82 Å². The standard InChI is InChI=1S/C16H24N4O2.ClH/c1-6-17-10(2)9-18-16(21)14-7-11(3)20(13(14)5)15-8-12(4)22-19-15;/h7-8,10,17H,6,9H2,1-5H3,(H,18,21);1H/t10-;/m1./s1. The van der Waals surface area contributed by atoms with Gasteiger partial charge in [-0.05, 0) is 40.3 Å². The first-order valence-electron chi connectivity index (χ1n) is 7.58. The molecular weight excluding hydrogens is 316 g/mol. The summed E-state index contributed by atoms with van der Waals surface area (Å²) in [4.78, 5) is 12.4. The normalized spacial score (nSPS) is 11.9. The van der Waals surface area contributed by atoms with E-state index in [0.717, 1.165) is 23.7 Å². The molecule has 0 fully saturated rings. The molecule has 23 heavy (non-hydrogen) atoms. The highest BCUT2D eigenvalue weighted by atomic mass is 35.5. The van der Waals surface area contributed by atoms with Gasteiger partial charge in [0.25, 0.3) is 5.91 Å². The summed E-state index contributed by atoms with van der Waals surface area (Å²) in [6.07, 6.45) is 0. The van der Waals surface area contributed by atoms with Crippen LogP contribution in [-0.2, 0) is 0 Å². The van der Waals surface area contributed by atoms with E-state index in [9.17, 15) is 4.79 Å². The van der Waals surface area contributed by atoms with Gasteiger partial charge in [0, 0.05) is 30.0 Å². The first kappa shape index (κ1) is 19.3. The third-order valence-corrected chi connectivity index (χ3v) is 3.64. The molecule has 0 aliphatic heterocycles. The molecule has 2 aromatic heterocycles. The Morgan fingerprint density at radius 1 is 1.35 bits per heavy atom. The quantitative estimate of drug-likeness (QED) is 0.847. The van der Waals surface area contributed by atoms with Crippen LogP contribution in [0.25, 0.3) is 5.82 Å². The van der Waals surface area contributed by atoms with Crippen molar-refractivity contribution in [2.75, 3.05) is 13.1 Å². The third kappa shape index (κ3) is 4.36. The number of carbonyl (C=O) groups is 1. The number of amides is 1. The Labute approximate surface area is 143 Å². The van der Waals surface area contributed by atoms with Gasteiger partial charge in [0.1, 0.15) is 5.76 Å². The van der Waals surface area contributed by atoms with Gasteiger partial charge in [-0.2, -0.15) is 0 Å². The van der Waals surface area contributed by atoms with E-state index >= 15 is 0 Å². The van der Waals surface area contributed by atoms with Crippen LogP contribution in [0.3, 0.4) is 0 Å². The highest BCUT2D eigenvalue weighted by molar-refractivity contribution is 5.95. The Bertz CT molecular complexity index is 663. The molecule has 0 aliphatic rings. The van der Waals surface area contributed by atoms with Gasteiger partial charge in [-0.3, -0.25) is 9.36 Å². The second-order valence-corrected chi connectivity index (χ2v) is 5.58. The molecule has 0 saturated carbocycles. The van der Waals surface area contributed by atoms with E-state index in [1.165, 1.54) is 0 Å². The molecule has 0 unspecified atom stereocenters. The first-order chi connectivity index (χ1) is 10.4. The van der Waals surface area contributed by atoms with Crippen molar-refractivity contribution in [1.29, 1.82) is 0 Å². The second-order valence-electron chi connectivity index (χ2n) is 5.58. The fourth-order valence-corrected chi connectivity index (χ4v) is 2.57. The van der Waals surface area contributed by atoms with Crippen LogP contribution >= 0.6 is 12.4 Å². The Kier molecular flexibility index (Phi) is 6.84. The van der Waals surface area contributed by atoms with Crippen LogP contribution in [0.2, 0.25) is 0 Å². The number of likely N-dealkylation sites (N-methyl/N-ethyl adjacent to an activating group) is 1. The van der Waals surface area contributed by atoms with Crippen LogP contribution in [0.4, 0.5) is 0 Å². The van der Waals surface area contributed by atoms with E-state index < -0.39 is 0 Å². The minimum absolute atomic E-state index is 0. The fraction of sp³-hybridized carbons (Fsp3) is 0.500. The van der Waals surface area contributed by atoms with Crippen molar-refractivity contribution in [3.8, 4) is 5.82 Å². The number of halogens is 1. The van der Waals surface area contributed by atoms with E-state index in [4.69, 9.17) is 4.52 Å². The van der Waals surface area contributed by atoms with Gasteiger partial charge < -0.3 is 15.2 Å². The van der Waals surface area contributed by atoms with Crippen molar-refractivity contribution in [1.82, 2.24) is 20.4 Å². The van der Waals surface area contributed by atoms with Crippen LogP contribution in [0, 0.1) is 20.8 Å². The summed E-state index contributed by atoms with van der Waals surface area (Å²) in [6, 6.07) is 3.98. The maximum atomic E-state index is 12.4. The van der Waals surface area contributed by atoms with Crippen LogP contribution in [-0.4, -0.2) is 34.8 Å². The highest BCUT2D eigenvalue weighted by Gasteiger charge is 2.18. The van der Waals surface area contributed by atoms with Crippen LogP contribution in [0.1, 0.15) is 41.4 Å². The lowest BCUT2D eigenvalue weighted by molar-refractivity contribution is 0.0949. The van der Waals surface area contributed by atoms with Gasteiger partial charge in [-0.1, -0.05) is 12.1 Å². The lowest BCUT2D eigenvalue weighted by Crippen LogP contribution is -2.38. The Hall–Kier alpha value is -1.79. The molecule has 6 nitrogen and oxygen atoms in total. The number of hydrogen-bond acceptors (Lipinski definition) is 4. The van der Waals surface area contributed by atoms with E-state index in [0.29, 0.717) is 17.9 Å². The summed E-state index contributed by atoms with van der Waals surface area (Å²) < 4.78 is 7.05. The molecule has 128 valence electrons. The zero-order valence-electron chi connectivity index (χ0n) is 14.3. The summed E-state index contributed by atoms with van der Waals surface area (Å²) in [5, 5.41) is 10.3. The van der Waals surface area contributed by atoms with Gasteiger partial charge in [0.05, 0.1) is 5.56 Å². The van der Waals surface area contributed by atoms with Crippen molar-refractivity contribution >= 4 is 18.3 Å². The lowest BCUT2D eigenvalue weighted by atomic mass is 10.2. The van der Waals surface area contributed by atoms with Crippen LogP contribution < -0.4 is 10.6 Å². The molecule has 0 saturated heterocycles. The maximum absolute atomic E-state index is 12.4. The molecule has 2 aromatic rings. The zero-order chi connectivity index (χ0) is 16.3. The summed E-state index contributed by atoms with van der Waals surface area (Å²) in [5.41, 5.74) is 2.48. The summed E-state index contributed by atoms with van der Waals surface area (Å²) in [5.74, 6) is 1.38. The average Bonchev–Trinajstić information content (AvgIpc) is 3.00. The molecule has 0 spiro atoms. The SMILES string of the molecule is CCN[C@H](C)CNC(=O)c1cc(C)n(-c2cc(C)on2)c1C.Cl. The molecule has 0 radical (unpaired) electrons. The van der Waals surface area contributed by atoms with Crippen LogP contribution in [0.15, 0.2) is 16.7 Å². The van der Waals surface area contributed by atoms with Gasteiger partial charge in [-0.15, -0.1) is 12.4 Å². The minimum atomic E-state index is -0.0654. The molecule has 1 amide bonds. The average molecular weight is 341 g/mol. The molecule has 7 heteroatoms. The van der Waals surface area contributed by atoms with Crippen molar-refractivity contribution in [2.45, 2.75) is 40.7 Å². The molecule has 1 atom stereocenters. The molecule has 0 bridgehead atoms. The number of hydrogen-bond donors (Lipinski definition) is 2. The summed E-state index contributed by atoms with van der Waals surface area (Å²) in [6.45, 7) is 11.3. The van der Waals surface area contributed by atoms with E-state index in [1.807, 2.05) is 51.3 Å². The number of nitrogens with one attached hydrogen (secondary N) is 2. The highest BCUT2D eigenvalue weighted by Crippen LogP contribution is 2.20. The van der Waals surface area contributed by atoms with Crippen LogP contribution in [0.5, 0.6) is 0 Å². The van der Waals surface area contributed by atoms with Crippen molar-refractivity contribution in [3.63, 3.8) is 0 Å². The number of carbonyl (C=O) groups excluding carboxylic acids is 1. The third-order valence-electron chi connectivity index (χ3n) is 3.64. The number of aryl methyl sites for hydroxylation is 2. The Morgan fingerprint density at radius 3 is 2.61 bits per heavy atom. The second kappa shape index (κ2) is 8.17. The molecule has 0 aromatic carbocycles. The minimum Gasteiger partial charge on any atom is -0.360 e. The number of rotatable bonds is 6. The molecule has 0 aliphatic carbocycles. The number of aromatic nitrogens is 2. The van der Waals surface area contributed by atoms with Gasteiger partial charge >= 0.3 is 0 Å². The fourth-order valence-electron chi connectivity index (χ4n) is 2.57. The Balaban J connectivity index is 0.00000264. The lowest BCUT2D eigenvalue weighted by Gasteiger charge is -2.13.